The highest BCUT2D eigenvalue weighted by Gasteiger charge is 2.41. The largest absolute Gasteiger partial charge is 0.375 e. The van der Waals surface area contributed by atoms with Gasteiger partial charge in [0.15, 0.2) is 0 Å². The van der Waals surface area contributed by atoms with E-state index < -0.39 is 0 Å². The van der Waals surface area contributed by atoms with Crippen molar-refractivity contribution in [1.82, 2.24) is 5.43 Å². The molecule has 5 atom stereocenters. The van der Waals surface area contributed by atoms with Gasteiger partial charge in [-0.15, -0.1) is 11.3 Å². The highest BCUT2D eigenvalue weighted by molar-refractivity contribution is 9.10. The summed E-state index contributed by atoms with van der Waals surface area (Å²) in [5, 5.41) is 2.10. The zero-order valence-corrected chi connectivity index (χ0v) is 13.4. The monoisotopic (exact) mass is 332 g/mol. The van der Waals surface area contributed by atoms with Gasteiger partial charge < -0.3 is 4.74 Å². The smallest absolute Gasteiger partial charge is 0.0597 e. The molecule has 1 fully saturated rings. The van der Waals surface area contributed by atoms with Crippen LogP contribution in [0.3, 0.4) is 0 Å². The molecule has 18 heavy (non-hydrogen) atoms. The van der Waals surface area contributed by atoms with E-state index in [1.165, 1.54) is 9.35 Å². The summed E-state index contributed by atoms with van der Waals surface area (Å²) in [5.74, 6) is 6.76. The van der Waals surface area contributed by atoms with Crippen molar-refractivity contribution < 1.29 is 4.74 Å². The molecule has 0 spiro atoms. The first kappa shape index (κ1) is 14.5. The third-order valence-corrected chi connectivity index (χ3v) is 6.04. The normalized spacial score (nSPS) is 33.8. The highest BCUT2D eigenvalue weighted by Crippen LogP contribution is 2.36. The minimum absolute atomic E-state index is 0.259. The van der Waals surface area contributed by atoms with Crippen LogP contribution >= 0.6 is 27.3 Å². The van der Waals surface area contributed by atoms with Crippen LogP contribution in [0.5, 0.6) is 0 Å². The summed E-state index contributed by atoms with van der Waals surface area (Å²) in [6, 6.07) is 2.35. The summed E-state index contributed by atoms with van der Waals surface area (Å²) in [7, 11) is 0. The van der Waals surface area contributed by atoms with Gasteiger partial charge in [0.1, 0.15) is 0 Å². The molecule has 1 saturated heterocycles. The van der Waals surface area contributed by atoms with Crippen LogP contribution in [0.25, 0.3) is 0 Å². The number of hydrogen-bond acceptors (Lipinski definition) is 4. The maximum Gasteiger partial charge on any atom is 0.0597 e. The first-order chi connectivity index (χ1) is 8.54. The number of halogens is 1. The van der Waals surface area contributed by atoms with E-state index in [1.54, 1.807) is 11.3 Å². The quantitative estimate of drug-likeness (QED) is 0.658. The third kappa shape index (κ3) is 2.80. The van der Waals surface area contributed by atoms with Crippen molar-refractivity contribution in [2.45, 2.75) is 45.4 Å². The molecule has 0 amide bonds. The lowest BCUT2D eigenvalue weighted by molar-refractivity contribution is 0.0476. The number of hydrogen-bond donors (Lipinski definition) is 2. The van der Waals surface area contributed by atoms with Gasteiger partial charge in [-0.05, 0) is 53.6 Å². The molecule has 0 radical (unpaired) electrons. The van der Waals surface area contributed by atoms with Crippen LogP contribution < -0.4 is 11.3 Å². The van der Waals surface area contributed by atoms with Crippen molar-refractivity contribution >= 4 is 27.3 Å². The average molecular weight is 333 g/mol. The molecular formula is C13H21BrN2OS. The van der Waals surface area contributed by atoms with Gasteiger partial charge in [-0.1, -0.05) is 6.92 Å². The van der Waals surface area contributed by atoms with E-state index in [-0.39, 0.29) is 12.1 Å². The van der Waals surface area contributed by atoms with Gasteiger partial charge >= 0.3 is 0 Å². The fourth-order valence-electron chi connectivity index (χ4n) is 2.96. The molecule has 3 nitrogen and oxygen atoms in total. The van der Waals surface area contributed by atoms with Crippen LogP contribution in [0.2, 0.25) is 0 Å². The minimum atomic E-state index is 0.259. The lowest BCUT2D eigenvalue weighted by atomic mass is 9.82. The van der Waals surface area contributed by atoms with Crippen molar-refractivity contribution in [3.05, 3.63) is 20.8 Å². The molecule has 1 aliphatic heterocycles. The Bertz CT molecular complexity index is 398. The molecule has 102 valence electrons. The second kappa shape index (κ2) is 6.01. The number of rotatable bonds is 4. The lowest BCUT2D eigenvalue weighted by Crippen LogP contribution is -2.46. The first-order valence-corrected chi connectivity index (χ1v) is 8.05. The molecule has 5 unspecified atom stereocenters. The fourth-order valence-corrected chi connectivity index (χ4v) is 4.54. The van der Waals surface area contributed by atoms with Crippen LogP contribution in [0.1, 0.15) is 25.6 Å². The molecule has 1 aromatic heterocycles. The Balaban J connectivity index is 2.11. The number of thiophene rings is 1. The summed E-state index contributed by atoms with van der Waals surface area (Å²) >= 11 is 5.36. The van der Waals surface area contributed by atoms with E-state index in [9.17, 15) is 0 Å². The third-order valence-electron chi connectivity index (χ3n) is 4.09. The number of hydrazine groups is 1. The lowest BCUT2D eigenvalue weighted by Gasteiger charge is -2.28. The summed E-state index contributed by atoms with van der Waals surface area (Å²) in [6.07, 6.45) is 1.52. The Kier molecular flexibility index (Phi) is 4.83. The molecular weight excluding hydrogens is 312 g/mol. The summed E-state index contributed by atoms with van der Waals surface area (Å²) in [6.45, 7) is 6.56. The Morgan fingerprint density at radius 2 is 2.17 bits per heavy atom. The topological polar surface area (TPSA) is 47.3 Å². The van der Waals surface area contributed by atoms with Gasteiger partial charge in [-0.25, -0.2) is 0 Å². The standard InChI is InChI=1S/C13H21BrN2OS/c1-7-8(2)17-9(3)13(7)11(16-15)6-12-10(14)4-5-18-12/h4-5,7-9,11,13,16H,6,15H2,1-3H3. The van der Waals surface area contributed by atoms with E-state index in [1.807, 2.05) is 0 Å². The molecule has 2 rings (SSSR count). The van der Waals surface area contributed by atoms with Crippen LogP contribution in [-0.2, 0) is 11.2 Å². The second-order valence-corrected chi connectivity index (χ2v) is 7.01. The molecule has 5 heteroatoms. The second-order valence-electron chi connectivity index (χ2n) is 5.15. The molecule has 1 aromatic rings. The number of ether oxygens (including phenoxy) is 1. The zero-order chi connectivity index (χ0) is 13.3. The minimum Gasteiger partial charge on any atom is -0.375 e. The van der Waals surface area contributed by atoms with E-state index in [0.29, 0.717) is 17.9 Å². The summed E-state index contributed by atoms with van der Waals surface area (Å²) in [5.41, 5.74) is 3.00. The maximum absolute atomic E-state index is 5.91. The Labute approximate surface area is 121 Å². The van der Waals surface area contributed by atoms with Crippen LogP contribution in [0.4, 0.5) is 0 Å². The van der Waals surface area contributed by atoms with Crippen LogP contribution in [0.15, 0.2) is 15.9 Å². The number of nitrogens with two attached hydrogens (primary N) is 1. The van der Waals surface area contributed by atoms with Crippen molar-refractivity contribution in [2.24, 2.45) is 17.7 Å². The molecule has 0 bridgehead atoms. The van der Waals surface area contributed by atoms with Crippen LogP contribution in [-0.4, -0.2) is 18.2 Å². The number of nitrogens with one attached hydrogen (secondary N) is 1. The molecule has 0 saturated carbocycles. The van der Waals surface area contributed by atoms with Crippen molar-refractivity contribution in [1.29, 1.82) is 0 Å². The van der Waals surface area contributed by atoms with Crippen molar-refractivity contribution in [3.8, 4) is 0 Å². The van der Waals surface area contributed by atoms with E-state index in [2.05, 4.69) is 53.6 Å². The van der Waals surface area contributed by atoms with Gasteiger partial charge in [0, 0.05) is 21.3 Å². The summed E-state index contributed by atoms with van der Waals surface area (Å²) < 4.78 is 7.09. The van der Waals surface area contributed by atoms with Gasteiger partial charge in [-0.2, -0.15) is 0 Å². The van der Waals surface area contributed by atoms with Gasteiger partial charge in [0.2, 0.25) is 0 Å². The van der Waals surface area contributed by atoms with Gasteiger partial charge in [0.25, 0.3) is 0 Å². The van der Waals surface area contributed by atoms with E-state index >= 15 is 0 Å². The van der Waals surface area contributed by atoms with Crippen LogP contribution in [0, 0.1) is 11.8 Å². The molecule has 3 N–H and O–H groups in total. The van der Waals surface area contributed by atoms with E-state index in [4.69, 9.17) is 10.6 Å². The average Bonchev–Trinajstić information content (AvgIpc) is 2.83. The Morgan fingerprint density at radius 1 is 1.44 bits per heavy atom. The Morgan fingerprint density at radius 3 is 2.61 bits per heavy atom. The summed E-state index contributed by atoms with van der Waals surface area (Å²) in [4.78, 5) is 1.34. The highest BCUT2D eigenvalue weighted by atomic mass is 79.9. The Hall–Kier alpha value is 0.0600. The zero-order valence-electron chi connectivity index (χ0n) is 11.0. The molecule has 0 aromatic carbocycles. The SMILES string of the molecule is CC1OC(C)C(C(Cc2sccc2Br)NN)C1C. The van der Waals surface area contributed by atoms with Crippen molar-refractivity contribution in [3.63, 3.8) is 0 Å². The van der Waals surface area contributed by atoms with Gasteiger partial charge in [0.05, 0.1) is 12.2 Å². The predicted molar refractivity (Wildman–Crippen MR) is 79.5 cm³/mol. The molecule has 2 heterocycles. The van der Waals surface area contributed by atoms with E-state index in [0.717, 1.165) is 6.42 Å². The molecule has 1 aliphatic rings. The maximum atomic E-state index is 5.91. The molecule has 0 aliphatic carbocycles. The first-order valence-electron chi connectivity index (χ1n) is 6.38. The fraction of sp³-hybridized carbons (Fsp3) is 0.692. The predicted octanol–water partition coefficient (Wildman–Crippen LogP) is 2.94. The van der Waals surface area contributed by atoms with Gasteiger partial charge in [-0.3, -0.25) is 11.3 Å². The van der Waals surface area contributed by atoms with Crippen molar-refractivity contribution in [2.75, 3.05) is 0 Å².